The van der Waals surface area contributed by atoms with Gasteiger partial charge in [-0.2, -0.15) is 0 Å². The summed E-state index contributed by atoms with van der Waals surface area (Å²) in [4.78, 5) is 12.8. The second kappa shape index (κ2) is 10.9. The van der Waals surface area contributed by atoms with E-state index in [0.29, 0.717) is 6.29 Å². The van der Waals surface area contributed by atoms with E-state index in [1.165, 1.54) is 15.9 Å². The Bertz CT molecular complexity index is 1020. The molecule has 4 rings (SSSR count). The summed E-state index contributed by atoms with van der Waals surface area (Å²) in [6.07, 6.45) is 0.530. The van der Waals surface area contributed by atoms with Gasteiger partial charge in [0.1, 0.15) is 29.5 Å². The first-order valence-electron chi connectivity index (χ1n) is 10.3. The second-order valence-corrected chi connectivity index (χ2v) is 11.0. The van der Waals surface area contributed by atoms with Crippen molar-refractivity contribution in [3.63, 3.8) is 0 Å². The SMILES string of the molecule is Cc1ccc(NC(=O)NC[P+](c2ccccc2)(c2ccccc2)c2ccccc2)cc1.[Cl-]. The summed E-state index contributed by atoms with van der Waals surface area (Å²) in [5, 5.41) is 9.86. The van der Waals surface area contributed by atoms with Gasteiger partial charge in [0.15, 0.2) is 0 Å². The number of halogens is 1. The van der Waals surface area contributed by atoms with Gasteiger partial charge in [-0.05, 0) is 55.5 Å². The first kappa shape index (κ1) is 23.5. The number of carbonyl (C=O) groups excluding carboxylic acids is 1. The average molecular weight is 461 g/mol. The second-order valence-electron chi connectivity index (χ2n) is 7.47. The molecule has 0 atom stereocenters. The fraction of sp³-hybridized carbons (Fsp3) is 0.0741. The zero-order valence-corrected chi connectivity index (χ0v) is 19.6. The molecular weight excluding hydrogens is 435 g/mol. The van der Waals surface area contributed by atoms with Crippen LogP contribution >= 0.6 is 7.26 Å². The topological polar surface area (TPSA) is 41.1 Å². The Morgan fingerprint density at radius 2 is 1.06 bits per heavy atom. The summed E-state index contributed by atoms with van der Waals surface area (Å²) >= 11 is 0. The zero-order valence-electron chi connectivity index (χ0n) is 17.9. The molecule has 5 heteroatoms. The van der Waals surface area contributed by atoms with Crippen LogP contribution < -0.4 is 39.0 Å². The Labute approximate surface area is 196 Å². The van der Waals surface area contributed by atoms with Gasteiger partial charge in [-0.3, -0.25) is 0 Å². The van der Waals surface area contributed by atoms with Gasteiger partial charge in [-0.25, -0.2) is 4.79 Å². The normalized spacial score (nSPS) is 10.7. The minimum Gasteiger partial charge on any atom is -1.00 e. The maximum Gasteiger partial charge on any atom is 0.322 e. The van der Waals surface area contributed by atoms with E-state index in [9.17, 15) is 4.79 Å². The fourth-order valence-electron chi connectivity index (χ4n) is 3.77. The van der Waals surface area contributed by atoms with Crippen molar-refractivity contribution >= 4 is 34.9 Å². The molecule has 2 amide bonds. The van der Waals surface area contributed by atoms with Crippen LogP contribution in [0.4, 0.5) is 10.5 Å². The van der Waals surface area contributed by atoms with Crippen LogP contribution in [-0.4, -0.2) is 12.3 Å². The first-order chi connectivity index (χ1) is 15.2. The highest BCUT2D eigenvalue weighted by molar-refractivity contribution is 7.95. The van der Waals surface area contributed by atoms with Crippen LogP contribution in [0.2, 0.25) is 0 Å². The molecule has 32 heavy (non-hydrogen) atoms. The molecule has 0 unspecified atom stereocenters. The van der Waals surface area contributed by atoms with Crippen LogP contribution in [0.5, 0.6) is 0 Å². The Morgan fingerprint density at radius 3 is 1.47 bits per heavy atom. The Hall–Kier alpha value is -3.13. The van der Waals surface area contributed by atoms with E-state index < -0.39 is 7.26 Å². The summed E-state index contributed by atoms with van der Waals surface area (Å²) in [5.41, 5.74) is 1.94. The molecule has 0 radical (unpaired) electrons. The van der Waals surface area contributed by atoms with Crippen LogP contribution in [0.1, 0.15) is 5.56 Å². The first-order valence-corrected chi connectivity index (χ1v) is 12.3. The summed E-state index contributed by atoms with van der Waals surface area (Å²) in [5.74, 6) is 0. The van der Waals surface area contributed by atoms with Crippen molar-refractivity contribution in [2.75, 3.05) is 11.6 Å². The van der Waals surface area contributed by atoms with Crippen molar-refractivity contribution in [1.29, 1.82) is 0 Å². The molecule has 0 aliphatic heterocycles. The largest absolute Gasteiger partial charge is 1.00 e. The van der Waals surface area contributed by atoms with Crippen molar-refractivity contribution in [2.45, 2.75) is 6.92 Å². The van der Waals surface area contributed by atoms with Crippen molar-refractivity contribution in [2.24, 2.45) is 0 Å². The van der Waals surface area contributed by atoms with Crippen LogP contribution in [0.15, 0.2) is 115 Å². The highest BCUT2D eigenvalue weighted by atomic mass is 35.5. The monoisotopic (exact) mass is 460 g/mol. The van der Waals surface area contributed by atoms with Crippen molar-refractivity contribution in [1.82, 2.24) is 5.32 Å². The van der Waals surface area contributed by atoms with Crippen molar-refractivity contribution < 1.29 is 17.2 Å². The summed E-state index contributed by atoms with van der Waals surface area (Å²) in [6.45, 7) is 2.03. The number of carbonyl (C=O) groups is 1. The predicted molar refractivity (Wildman–Crippen MR) is 133 cm³/mol. The molecule has 4 aromatic rings. The maximum absolute atomic E-state index is 12.8. The van der Waals surface area contributed by atoms with Crippen LogP contribution in [0.3, 0.4) is 0 Å². The molecule has 0 fully saturated rings. The zero-order chi connectivity index (χ0) is 21.5. The van der Waals surface area contributed by atoms with Crippen LogP contribution in [-0.2, 0) is 0 Å². The van der Waals surface area contributed by atoms with Crippen LogP contribution in [0.25, 0.3) is 0 Å². The van der Waals surface area contributed by atoms with Gasteiger partial charge in [0, 0.05) is 5.69 Å². The molecule has 0 aliphatic rings. The number of anilines is 1. The minimum absolute atomic E-state index is 0. The lowest BCUT2D eigenvalue weighted by Crippen LogP contribution is -3.00. The number of aryl methyl sites for hydroxylation is 1. The molecule has 3 nitrogen and oxygen atoms in total. The standard InChI is InChI=1S/C27H25N2OP.ClH/c1-22-17-19-23(20-18-22)29-27(30)28-21-31(24-11-5-2-6-12-24,25-13-7-3-8-14-25)26-15-9-4-10-16-26;/h2-20H,21H2,1H3,(H-,28,29,30);1H. The maximum atomic E-state index is 12.8. The molecule has 0 spiro atoms. The van der Waals surface area contributed by atoms with Crippen molar-refractivity contribution in [3.8, 4) is 0 Å². The summed E-state index contributed by atoms with van der Waals surface area (Å²) < 4.78 is 0. The quantitative estimate of drug-likeness (QED) is 0.425. The Morgan fingerprint density at radius 1 is 0.656 bits per heavy atom. The fourth-order valence-corrected chi connectivity index (χ4v) is 7.64. The van der Waals surface area contributed by atoms with E-state index in [1.54, 1.807) is 0 Å². The molecule has 0 saturated carbocycles. The highest BCUT2D eigenvalue weighted by Crippen LogP contribution is 2.54. The van der Waals surface area contributed by atoms with Gasteiger partial charge < -0.3 is 23.0 Å². The predicted octanol–water partition coefficient (Wildman–Crippen LogP) is 2.07. The third-order valence-corrected chi connectivity index (χ3v) is 9.55. The van der Waals surface area contributed by atoms with Gasteiger partial charge in [0.25, 0.3) is 0 Å². The van der Waals surface area contributed by atoms with E-state index >= 15 is 0 Å². The molecule has 0 aliphatic carbocycles. The molecule has 4 aromatic carbocycles. The molecular formula is C27H26ClN2OP. The van der Waals surface area contributed by atoms with E-state index in [0.717, 1.165) is 11.3 Å². The lowest BCUT2D eigenvalue weighted by molar-refractivity contribution is -0.00000917. The number of amides is 2. The van der Waals surface area contributed by atoms with E-state index in [2.05, 4.69) is 83.4 Å². The summed E-state index contributed by atoms with van der Waals surface area (Å²) in [6, 6.07) is 39.2. The van der Waals surface area contributed by atoms with E-state index in [1.807, 2.05) is 49.4 Å². The lowest BCUT2D eigenvalue weighted by Gasteiger charge is -2.27. The molecule has 0 heterocycles. The van der Waals surface area contributed by atoms with Gasteiger partial charge in [0.05, 0.1) is 0 Å². The van der Waals surface area contributed by atoms with Gasteiger partial charge in [-0.1, -0.05) is 72.3 Å². The number of rotatable bonds is 6. The summed E-state index contributed by atoms with van der Waals surface area (Å²) in [7, 11) is -2.09. The molecule has 0 bridgehead atoms. The molecule has 0 aromatic heterocycles. The Balaban J connectivity index is 0.00000289. The average Bonchev–Trinajstić information content (AvgIpc) is 2.83. The van der Waals surface area contributed by atoms with E-state index in [-0.39, 0.29) is 18.4 Å². The van der Waals surface area contributed by atoms with Gasteiger partial charge in [-0.15, -0.1) is 0 Å². The van der Waals surface area contributed by atoms with Crippen LogP contribution in [0, 0.1) is 6.92 Å². The number of hydrogen-bond acceptors (Lipinski definition) is 1. The lowest BCUT2D eigenvalue weighted by atomic mass is 10.2. The highest BCUT2D eigenvalue weighted by Gasteiger charge is 2.45. The minimum atomic E-state index is -2.09. The third-order valence-electron chi connectivity index (χ3n) is 5.38. The smallest absolute Gasteiger partial charge is 0.322 e. The molecule has 2 N–H and O–H groups in total. The third kappa shape index (κ3) is 5.19. The van der Waals surface area contributed by atoms with E-state index in [4.69, 9.17) is 0 Å². The van der Waals surface area contributed by atoms with Gasteiger partial charge in [0.2, 0.25) is 0 Å². The number of benzene rings is 4. The van der Waals surface area contributed by atoms with Gasteiger partial charge >= 0.3 is 6.03 Å². The van der Waals surface area contributed by atoms with Crippen molar-refractivity contribution in [3.05, 3.63) is 121 Å². The number of urea groups is 1. The number of nitrogens with one attached hydrogen (secondary N) is 2. The molecule has 0 saturated heterocycles. The Kier molecular flexibility index (Phi) is 8.05. The molecule has 162 valence electrons. The number of hydrogen-bond donors (Lipinski definition) is 2.